The Morgan fingerprint density at radius 3 is 2.53 bits per heavy atom. The van der Waals surface area contributed by atoms with Gasteiger partial charge in [0.2, 0.25) is 5.43 Å². The Labute approximate surface area is 248 Å². The fourth-order valence-corrected chi connectivity index (χ4v) is 7.73. The number of nitrogens with zero attached hydrogens (tertiary/aromatic N) is 3. The molecule has 10 heteroatoms. The van der Waals surface area contributed by atoms with Crippen molar-refractivity contribution in [2.45, 2.75) is 12.2 Å². The first-order chi connectivity index (χ1) is 20.9. The molecule has 1 fully saturated rings. The molecule has 1 amide bonds. The first-order valence-electron chi connectivity index (χ1n) is 13.8. The molecule has 2 aliphatic heterocycles. The van der Waals surface area contributed by atoms with E-state index in [1.54, 1.807) is 11.0 Å². The minimum atomic E-state index is -0.972. The molecule has 3 aromatic carbocycles. The first-order valence-corrected chi connectivity index (χ1v) is 14.6. The zero-order valence-corrected chi connectivity index (χ0v) is 23.4. The van der Waals surface area contributed by atoms with E-state index in [1.807, 2.05) is 65.7 Å². The van der Waals surface area contributed by atoms with Gasteiger partial charge in [0.05, 0.1) is 19.3 Å². The first kappa shape index (κ1) is 25.9. The molecule has 1 N–H and O–H groups in total. The standard InChI is InChI=1S/C33H23F2N3O4S/c34-23-11-10-21-27(28(23)35)22-16-25(18-6-2-1-3-7-18)43-32(22)20-9-5-4-8-19(20)29(21)38-26-17-42-15-14-36(26)33(41)30-31(40)24(39)12-13-37(30)38/h1-13,16,26,29,40H,14-15,17H2/t26-,29+/m1/s1. The normalized spacial score (nSPS) is 18.7. The molecule has 214 valence electrons. The van der Waals surface area contributed by atoms with E-state index in [9.17, 15) is 14.7 Å². The predicted molar refractivity (Wildman–Crippen MR) is 159 cm³/mol. The number of amides is 1. The molecule has 0 radical (unpaired) electrons. The average molecular weight is 596 g/mol. The van der Waals surface area contributed by atoms with Crippen molar-refractivity contribution in [2.75, 3.05) is 24.8 Å². The Morgan fingerprint density at radius 2 is 1.70 bits per heavy atom. The second-order valence-corrected chi connectivity index (χ2v) is 11.7. The van der Waals surface area contributed by atoms with Gasteiger partial charge in [-0.25, -0.2) is 8.78 Å². The topological polar surface area (TPSA) is 75.0 Å². The monoisotopic (exact) mass is 595 g/mol. The average Bonchev–Trinajstić information content (AvgIpc) is 3.43. The third-order valence-corrected chi connectivity index (χ3v) is 9.64. The summed E-state index contributed by atoms with van der Waals surface area (Å²) in [7, 11) is 0. The highest BCUT2D eigenvalue weighted by molar-refractivity contribution is 7.19. The summed E-state index contributed by atoms with van der Waals surface area (Å²) in [5, 5.41) is 12.7. The quantitative estimate of drug-likeness (QED) is 0.282. The number of fused-ring (bicyclic) bond motifs is 7. The number of hydrogen-bond donors (Lipinski definition) is 1. The van der Waals surface area contributed by atoms with E-state index in [0.29, 0.717) is 11.1 Å². The summed E-state index contributed by atoms with van der Waals surface area (Å²) in [5.74, 6) is -3.11. The smallest absolute Gasteiger partial charge is 0.278 e. The fraction of sp³-hybridized carbons (Fsp3) is 0.152. The molecule has 4 heterocycles. The fourth-order valence-electron chi connectivity index (χ4n) is 6.51. The van der Waals surface area contributed by atoms with Crippen molar-refractivity contribution in [3.63, 3.8) is 0 Å². The number of benzene rings is 3. The number of halogens is 2. The summed E-state index contributed by atoms with van der Waals surface area (Å²) in [5.41, 5.74) is 2.89. The van der Waals surface area contributed by atoms with Crippen molar-refractivity contribution in [3.05, 3.63) is 124 Å². The van der Waals surface area contributed by atoms with Crippen molar-refractivity contribution >= 4 is 17.2 Å². The molecule has 1 aliphatic carbocycles. The molecule has 2 atom stereocenters. The third kappa shape index (κ3) is 3.73. The largest absolute Gasteiger partial charge is 0.502 e. The van der Waals surface area contributed by atoms with Crippen LogP contribution in [0.3, 0.4) is 0 Å². The van der Waals surface area contributed by atoms with Crippen molar-refractivity contribution in [1.29, 1.82) is 0 Å². The zero-order chi connectivity index (χ0) is 29.4. The lowest BCUT2D eigenvalue weighted by molar-refractivity contribution is -0.0196. The molecular formula is C33H23F2N3O4S. The predicted octanol–water partition coefficient (Wildman–Crippen LogP) is 5.75. The van der Waals surface area contributed by atoms with Gasteiger partial charge in [0.15, 0.2) is 23.1 Å². The Hall–Kier alpha value is -4.80. The molecule has 0 spiro atoms. The maximum absolute atomic E-state index is 16.2. The van der Waals surface area contributed by atoms with Crippen LogP contribution in [-0.4, -0.2) is 46.5 Å². The van der Waals surface area contributed by atoms with Crippen LogP contribution in [0.15, 0.2) is 89.9 Å². The van der Waals surface area contributed by atoms with Crippen LogP contribution in [0.1, 0.15) is 27.7 Å². The highest BCUT2D eigenvalue weighted by Gasteiger charge is 2.46. The molecular weight excluding hydrogens is 572 g/mol. The number of hydrogen-bond acceptors (Lipinski definition) is 6. The van der Waals surface area contributed by atoms with Crippen molar-refractivity contribution in [3.8, 4) is 37.8 Å². The third-order valence-electron chi connectivity index (χ3n) is 8.42. The lowest BCUT2D eigenvalue weighted by Gasteiger charge is -2.51. The summed E-state index contributed by atoms with van der Waals surface area (Å²) in [6.45, 7) is 0.649. The summed E-state index contributed by atoms with van der Waals surface area (Å²) in [6.07, 6.45) is 0.781. The highest BCUT2D eigenvalue weighted by atomic mass is 32.1. The highest BCUT2D eigenvalue weighted by Crippen LogP contribution is 2.53. The van der Waals surface area contributed by atoms with Crippen LogP contribution in [0, 0.1) is 11.6 Å². The summed E-state index contributed by atoms with van der Waals surface area (Å²) in [4.78, 5) is 29.4. The number of thiophene rings is 1. The minimum absolute atomic E-state index is 0.127. The summed E-state index contributed by atoms with van der Waals surface area (Å²) < 4.78 is 38.5. The molecule has 8 rings (SSSR count). The number of aromatic nitrogens is 1. The Balaban J connectivity index is 1.45. The number of carbonyl (C=O) groups is 1. The van der Waals surface area contributed by atoms with Gasteiger partial charge in [0.25, 0.3) is 5.91 Å². The van der Waals surface area contributed by atoms with Crippen LogP contribution in [0.25, 0.3) is 32.0 Å². The lowest BCUT2D eigenvalue weighted by Crippen LogP contribution is -2.66. The van der Waals surface area contributed by atoms with Crippen molar-refractivity contribution < 1.29 is 23.4 Å². The van der Waals surface area contributed by atoms with Gasteiger partial charge >= 0.3 is 0 Å². The molecule has 3 aliphatic rings. The van der Waals surface area contributed by atoms with Gasteiger partial charge in [-0.1, -0.05) is 60.7 Å². The van der Waals surface area contributed by atoms with Crippen LogP contribution in [0.2, 0.25) is 0 Å². The Bertz CT molecular complexity index is 2010. The van der Waals surface area contributed by atoms with Crippen LogP contribution in [0.4, 0.5) is 8.78 Å². The Morgan fingerprint density at radius 1 is 0.907 bits per heavy atom. The van der Waals surface area contributed by atoms with Gasteiger partial charge in [-0.3, -0.25) is 19.3 Å². The number of ether oxygens (including phenoxy) is 1. The van der Waals surface area contributed by atoms with E-state index >= 15 is 8.78 Å². The number of carbonyl (C=O) groups excluding carboxylic acids is 1. The maximum atomic E-state index is 16.2. The van der Waals surface area contributed by atoms with Gasteiger partial charge < -0.3 is 14.7 Å². The number of morpholine rings is 1. The second-order valence-electron chi connectivity index (χ2n) is 10.7. The number of rotatable bonds is 2. The van der Waals surface area contributed by atoms with E-state index < -0.39 is 40.9 Å². The summed E-state index contributed by atoms with van der Waals surface area (Å²) in [6, 6.07) is 22.5. The molecule has 7 nitrogen and oxygen atoms in total. The van der Waals surface area contributed by atoms with Crippen LogP contribution >= 0.6 is 11.3 Å². The minimum Gasteiger partial charge on any atom is -0.502 e. The second kappa shape index (κ2) is 9.62. The SMILES string of the molecule is O=C1c2c(O)c(=O)ccn2N([C@H]2c3ccccc3-c3sc(-c4ccccc4)cc3-c3c2ccc(F)c3F)[C@@H]2COCCN12. The van der Waals surface area contributed by atoms with E-state index in [1.165, 1.54) is 28.3 Å². The zero-order valence-electron chi connectivity index (χ0n) is 22.5. The number of pyridine rings is 1. The van der Waals surface area contributed by atoms with Crippen molar-refractivity contribution in [2.24, 2.45) is 0 Å². The van der Waals surface area contributed by atoms with Crippen LogP contribution in [0.5, 0.6) is 5.75 Å². The molecule has 1 saturated heterocycles. The van der Waals surface area contributed by atoms with Crippen LogP contribution < -0.4 is 10.4 Å². The van der Waals surface area contributed by atoms with Crippen LogP contribution in [-0.2, 0) is 4.74 Å². The van der Waals surface area contributed by atoms with E-state index in [4.69, 9.17) is 4.74 Å². The van der Waals surface area contributed by atoms with Gasteiger partial charge in [0.1, 0.15) is 6.17 Å². The van der Waals surface area contributed by atoms with E-state index in [2.05, 4.69) is 0 Å². The van der Waals surface area contributed by atoms with Gasteiger partial charge in [-0.15, -0.1) is 11.3 Å². The van der Waals surface area contributed by atoms with Gasteiger partial charge in [-0.05, 0) is 34.4 Å². The molecule has 43 heavy (non-hydrogen) atoms. The van der Waals surface area contributed by atoms with Gasteiger partial charge in [0, 0.05) is 39.7 Å². The summed E-state index contributed by atoms with van der Waals surface area (Å²) >= 11 is 1.50. The lowest BCUT2D eigenvalue weighted by atomic mass is 9.91. The molecule has 0 saturated carbocycles. The molecule has 0 unspecified atom stereocenters. The molecule has 2 aromatic heterocycles. The Kier molecular flexibility index (Phi) is 5.79. The van der Waals surface area contributed by atoms with Crippen molar-refractivity contribution in [1.82, 2.24) is 9.58 Å². The maximum Gasteiger partial charge on any atom is 0.278 e. The molecule has 5 aromatic rings. The van der Waals surface area contributed by atoms with Gasteiger partial charge in [-0.2, -0.15) is 0 Å². The number of aromatic hydroxyl groups is 1. The van der Waals surface area contributed by atoms with E-state index in [-0.39, 0.29) is 31.0 Å². The molecule has 0 bridgehead atoms. The van der Waals surface area contributed by atoms with E-state index in [0.717, 1.165) is 32.5 Å².